The summed E-state index contributed by atoms with van der Waals surface area (Å²) in [5.74, 6) is 0. The molecule has 0 unspecified atom stereocenters. The summed E-state index contributed by atoms with van der Waals surface area (Å²) in [6.07, 6.45) is 3.14. The third kappa shape index (κ3) is 3.04. The molecule has 2 aromatic carbocycles. The highest BCUT2D eigenvalue weighted by Crippen LogP contribution is 2.20. The number of hydrogen-bond acceptors (Lipinski definition) is 2. The molecule has 0 heterocycles. The summed E-state index contributed by atoms with van der Waals surface area (Å²) in [7, 11) is 0. The lowest BCUT2D eigenvalue weighted by Gasteiger charge is -2.08. The van der Waals surface area contributed by atoms with Gasteiger partial charge < -0.3 is 11.5 Å². The summed E-state index contributed by atoms with van der Waals surface area (Å²) in [5.41, 5.74) is 17.1. The second kappa shape index (κ2) is 5.58. The third-order valence-corrected chi connectivity index (χ3v) is 3.09. The molecule has 0 radical (unpaired) electrons. The van der Waals surface area contributed by atoms with Crippen molar-refractivity contribution in [3.63, 3.8) is 0 Å². The Kier molecular flexibility index (Phi) is 3.88. The van der Waals surface area contributed by atoms with E-state index in [2.05, 4.69) is 31.2 Å². The lowest BCUT2D eigenvalue weighted by molar-refractivity contribution is 0.918. The van der Waals surface area contributed by atoms with Gasteiger partial charge >= 0.3 is 0 Å². The molecule has 2 heteroatoms. The average molecular weight is 240 g/mol. The van der Waals surface area contributed by atoms with Crippen molar-refractivity contribution in [3.8, 4) is 0 Å². The fourth-order valence-electron chi connectivity index (χ4n) is 2.18. The van der Waals surface area contributed by atoms with Crippen molar-refractivity contribution < 1.29 is 0 Å². The Morgan fingerprint density at radius 3 is 2.50 bits per heavy atom. The fourth-order valence-corrected chi connectivity index (χ4v) is 2.18. The Morgan fingerprint density at radius 2 is 1.72 bits per heavy atom. The van der Waals surface area contributed by atoms with Gasteiger partial charge in [0.05, 0.1) is 0 Å². The Labute approximate surface area is 109 Å². The maximum absolute atomic E-state index is 5.98. The summed E-state index contributed by atoms with van der Waals surface area (Å²) >= 11 is 0. The molecule has 0 amide bonds. The van der Waals surface area contributed by atoms with E-state index in [9.17, 15) is 0 Å². The Morgan fingerprint density at radius 1 is 0.944 bits per heavy atom. The molecule has 4 N–H and O–H groups in total. The largest absolute Gasteiger partial charge is 0.399 e. The molecule has 94 valence electrons. The van der Waals surface area contributed by atoms with Gasteiger partial charge in [-0.15, -0.1) is 0 Å². The first-order valence-electron chi connectivity index (χ1n) is 6.40. The SMILES string of the molecule is CCCc1cccc(Cc2cc(N)ccc2N)c1. The zero-order valence-electron chi connectivity index (χ0n) is 10.8. The summed E-state index contributed by atoms with van der Waals surface area (Å²) in [6, 6.07) is 14.4. The molecule has 0 aliphatic rings. The first-order chi connectivity index (χ1) is 8.69. The van der Waals surface area contributed by atoms with Crippen LogP contribution in [0.5, 0.6) is 0 Å². The molecular formula is C16H20N2. The van der Waals surface area contributed by atoms with Gasteiger partial charge in [-0.2, -0.15) is 0 Å². The predicted octanol–water partition coefficient (Wildman–Crippen LogP) is 3.39. The van der Waals surface area contributed by atoms with Crippen LogP contribution in [0.15, 0.2) is 42.5 Å². The summed E-state index contributed by atoms with van der Waals surface area (Å²) < 4.78 is 0. The molecule has 0 saturated carbocycles. The molecule has 0 aliphatic heterocycles. The molecule has 0 fully saturated rings. The van der Waals surface area contributed by atoms with E-state index in [1.54, 1.807) is 0 Å². The molecule has 18 heavy (non-hydrogen) atoms. The second-order valence-corrected chi connectivity index (χ2v) is 4.70. The first kappa shape index (κ1) is 12.5. The molecule has 0 atom stereocenters. The highest BCUT2D eigenvalue weighted by molar-refractivity contribution is 5.56. The second-order valence-electron chi connectivity index (χ2n) is 4.70. The van der Waals surface area contributed by atoms with E-state index >= 15 is 0 Å². The average Bonchev–Trinajstić information content (AvgIpc) is 2.35. The van der Waals surface area contributed by atoms with Crippen LogP contribution in [0, 0.1) is 0 Å². The van der Waals surface area contributed by atoms with Gasteiger partial charge in [0.2, 0.25) is 0 Å². The lowest BCUT2D eigenvalue weighted by Crippen LogP contribution is -1.98. The minimum Gasteiger partial charge on any atom is -0.399 e. The van der Waals surface area contributed by atoms with E-state index in [1.807, 2.05) is 18.2 Å². The summed E-state index contributed by atoms with van der Waals surface area (Å²) in [6.45, 7) is 2.20. The maximum atomic E-state index is 5.98. The Hall–Kier alpha value is -1.96. The van der Waals surface area contributed by atoms with E-state index in [1.165, 1.54) is 17.5 Å². The van der Waals surface area contributed by atoms with Gasteiger partial charge in [-0.3, -0.25) is 0 Å². The van der Waals surface area contributed by atoms with Crippen LogP contribution in [0.3, 0.4) is 0 Å². The van der Waals surface area contributed by atoms with Gasteiger partial charge in [0.15, 0.2) is 0 Å². The minimum absolute atomic E-state index is 0.768. The zero-order valence-corrected chi connectivity index (χ0v) is 10.8. The van der Waals surface area contributed by atoms with E-state index in [0.717, 1.165) is 29.8 Å². The van der Waals surface area contributed by atoms with Crippen molar-refractivity contribution in [2.75, 3.05) is 11.5 Å². The van der Waals surface area contributed by atoms with E-state index in [-0.39, 0.29) is 0 Å². The van der Waals surface area contributed by atoms with Gasteiger partial charge in [0, 0.05) is 11.4 Å². The van der Waals surface area contributed by atoms with Crippen LogP contribution in [0.1, 0.15) is 30.0 Å². The standard InChI is InChI=1S/C16H20N2/c1-2-4-12-5-3-6-13(9-12)10-14-11-15(17)7-8-16(14)18/h3,5-9,11H,2,4,10,17-18H2,1H3. The van der Waals surface area contributed by atoms with Gasteiger partial charge in [-0.05, 0) is 47.7 Å². The van der Waals surface area contributed by atoms with Gasteiger partial charge in [-0.1, -0.05) is 37.6 Å². The van der Waals surface area contributed by atoms with Crippen molar-refractivity contribution in [1.82, 2.24) is 0 Å². The smallest absolute Gasteiger partial charge is 0.0351 e. The lowest BCUT2D eigenvalue weighted by atomic mass is 10.00. The van der Waals surface area contributed by atoms with Crippen LogP contribution in [0.25, 0.3) is 0 Å². The normalized spacial score (nSPS) is 10.5. The topological polar surface area (TPSA) is 52.0 Å². The maximum Gasteiger partial charge on any atom is 0.0351 e. The van der Waals surface area contributed by atoms with Crippen LogP contribution in [0.4, 0.5) is 11.4 Å². The van der Waals surface area contributed by atoms with E-state index in [0.29, 0.717) is 0 Å². The van der Waals surface area contributed by atoms with E-state index < -0.39 is 0 Å². The quantitative estimate of drug-likeness (QED) is 0.805. The third-order valence-electron chi connectivity index (χ3n) is 3.09. The van der Waals surface area contributed by atoms with Gasteiger partial charge in [-0.25, -0.2) is 0 Å². The molecule has 2 aromatic rings. The van der Waals surface area contributed by atoms with Crippen molar-refractivity contribution in [2.45, 2.75) is 26.2 Å². The van der Waals surface area contributed by atoms with Crippen LogP contribution >= 0.6 is 0 Å². The fraction of sp³-hybridized carbons (Fsp3) is 0.250. The highest BCUT2D eigenvalue weighted by Gasteiger charge is 2.02. The predicted molar refractivity (Wildman–Crippen MR) is 78.5 cm³/mol. The Bertz CT molecular complexity index is 532. The zero-order chi connectivity index (χ0) is 13.0. The monoisotopic (exact) mass is 240 g/mol. The van der Waals surface area contributed by atoms with Gasteiger partial charge in [0.1, 0.15) is 0 Å². The summed E-state index contributed by atoms with van der Waals surface area (Å²) in [4.78, 5) is 0. The molecule has 2 nitrogen and oxygen atoms in total. The van der Waals surface area contributed by atoms with Crippen molar-refractivity contribution in [1.29, 1.82) is 0 Å². The number of nitrogens with two attached hydrogens (primary N) is 2. The van der Waals surface area contributed by atoms with Crippen LogP contribution in [-0.2, 0) is 12.8 Å². The van der Waals surface area contributed by atoms with E-state index in [4.69, 9.17) is 11.5 Å². The highest BCUT2D eigenvalue weighted by atomic mass is 14.6. The number of anilines is 2. The number of benzene rings is 2. The first-order valence-corrected chi connectivity index (χ1v) is 6.40. The van der Waals surface area contributed by atoms with Crippen molar-refractivity contribution >= 4 is 11.4 Å². The minimum atomic E-state index is 0.768. The van der Waals surface area contributed by atoms with Gasteiger partial charge in [0.25, 0.3) is 0 Å². The Balaban J connectivity index is 2.22. The summed E-state index contributed by atoms with van der Waals surface area (Å²) in [5, 5.41) is 0. The number of nitrogen functional groups attached to an aromatic ring is 2. The number of rotatable bonds is 4. The molecule has 0 spiro atoms. The molecule has 0 bridgehead atoms. The van der Waals surface area contributed by atoms with Crippen molar-refractivity contribution in [3.05, 3.63) is 59.2 Å². The number of aryl methyl sites for hydroxylation is 1. The van der Waals surface area contributed by atoms with Crippen LogP contribution in [0.2, 0.25) is 0 Å². The van der Waals surface area contributed by atoms with Crippen LogP contribution in [-0.4, -0.2) is 0 Å². The molecular weight excluding hydrogens is 220 g/mol. The van der Waals surface area contributed by atoms with Crippen molar-refractivity contribution in [2.24, 2.45) is 0 Å². The molecule has 2 rings (SSSR count). The molecule has 0 saturated heterocycles. The molecule has 0 aromatic heterocycles. The van der Waals surface area contributed by atoms with Crippen LogP contribution < -0.4 is 11.5 Å². The number of hydrogen-bond donors (Lipinski definition) is 2. The molecule has 0 aliphatic carbocycles.